The summed E-state index contributed by atoms with van der Waals surface area (Å²) in [6.45, 7) is 5.27. The van der Waals surface area contributed by atoms with E-state index in [1.807, 2.05) is 0 Å². The minimum absolute atomic E-state index is 0.177. The number of benzene rings is 1. The molecule has 138 valence electrons. The topological polar surface area (TPSA) is 58.2 Å². The summed E-state index contributed by atoms with van der Waals surface area (Å²) in [5.74, 6) is -0.522. The molecule has 2 heterocycles. The molecule has 0 saturated heterocycles. The average molecular weight is 463 g/mol. The lowest BCUT2D eigenvalue weighted by Crippen LogP contribution is -2.34. The van der Waals surface area contributed by atoms with Crippen molar-refractivity contribution in [1.29, 1.82) is 0 Å². The summed E-state index contributed by atoms with van der Waals surface area (Å²) in [4.78, 5) is 20.9. The van der Waals surface area contributed by atoms with Crippen LogP contribution >= 0.6 is 39.1 Å². The summed E-state index contributed by atoms with van der Waals surface area (Å²) in [6, 6.07) is 2.57. The van der Waals surface area contributed by atoms with Crippen LogP contribution in [0.1, 0.15) is 20.8 Å². The number of aromatic amines is 1. The van der Waals surface area contributed by atoms with Gasteiger partial charge in [0.15, 0.2) is 0 Å². The molecule has 2 aromatic heterocycles. The first kappa shape index (κ1) is 19.2. The molecule has 1 N–H and O–H groups in total. The molecule has 3 aromatic rings. The summed E-state index contributed by atoms with van der Waals surface area (Å²) >= 11 is 15.7. The van der Waals surface area contributed by atoms with E-state index in [9.17, 15) is 9.18 Å². The minimum Gasteiger partial charge on any atom is -0.443 e. The van der Waals surface area contributed by atoms with Crippen molar-refractivity contribution in [1.82, 2.24) is 9.97 Å². The molecule has 3 rings (SSSR count). The number of aromatic nitrogens is 2. The smallest absolute Gasteiger partial charge is 0.414 e. The van der Waals surface area contributed by atoms with Crippen LogP contribution in [0.15, 0.2) is 16.6 Å². The lowest BCUT2D eigenvalue weighted by atomic mass is 10.1. The van der Waals surface area contributed by atoms with Gasteiger partial charge in [0.1, 0.15) is 22.2 Å². The summed E-state index contributed by atoms with van der Waals surface area (Å²) in [7, 11) is 1.51. The Morgan fingerprint density at radius 2 is 2.00 bits per heavy atom. The molecule has 0 atom stereocenters. The molecule has 1 amide bonds. The fourth-order valence-corrected chi connectivity index (χ4v) is 3.37. The summed E-state index contributed by atoms with van der Waals surface area (Å²) in [5, 5.41) is 1.48. The van der Waals surface area contributed by atoms with Gasteiger partial charge in [-0.1, -0.05) is 23.2 Å². The maximum atomic E-state index is 14.3. The van der Waals surface area contributed by atoms with Gasteiger partial charge in [-0.2, -0.15) is 0 Å². The third kappa shape index (κ3) is 3.35. The molecule has 9 heteroatoms. The van der Waals surface area contributed by atoms with Gasteiger partial charge in [-0.25, -0.2) is 14.2 Å². The molecule has 0 aliphatic carbocycles. The number of nitrogens with zero attached hydrogens (tertiary/aromatic N) is 2. The van der Waals surface area contributed by atoms with E-state index in [0.717, 1.165) is 0 Å². The van der Waals surface area contributed by atoms with Crippen LogP contribution in [0.25, 0.3) is 21.9 Å². The maximum Gasteiger partial charge on any atom is 0.414 e. The summed E-state index contributed by atoms with van der Waals surface area (Å²) in [6.07, 6.45) is -0.610. The molecule has 0 bridgehead atoms. The second kappa shape index (κ2) is 6.55. The van der Waals surface area contributed by atoms with Crippen molar-refractivity contribution in [3.63, 3.8) is 0 Å². The standard InChI is InChI=1S/C17H15BrCl2FN3O2/c1-17(2,3)26-16(25)24(4)9-6-7(21)5-8-10-12(19)11(18)14(20)23-15(10)22-13(8)9/h5-6H,1-4H3,(H,22,23). The van der Waals surface area contributed by atoms with Crippen LogP contribution in [0, 0.1) is 5.82 Å². The van der Waals surface area contributed by atoms with Crippen molar-refractivity contribution in [3.05, 3.63) is 32.6 Å². The number of ether oxygens (including phenoxy) is 1. The van der Waals surface area contributed by atoms with Gasteiger partial charge < -0.3 is 9.72 Å². The van der Waals surface area contributed by atoms with Gasteiger partial charge in [0, 0.05) is 17.8 Å². The van der Waals surface area contributed by atoms with Crippen LogP contribution < -0.4 is 4.90 Å². The minimum atomic E-state index is -0.679. The first-order valence-corrected chi connectivity index (χ1v) is 9.16. The van der Waals surface area contributed by atoms with Gasteiger partial charge in [0.2, 0.25) is 0 Å². The van der Waals surface area contributed by atoms with E-state index in [2.05, 4.69) is 25.9 Å². The largest absolute Gasteiger partial charge is 0.443 e. The number of rotatable bonds is 1. The van der Waals surface area contributed by atoms with Gasteiger partial charge in [0.05, 0.1) is 20.7 Å². The first-order chi connectivity index (χ1) is 12.0. The molecular weight excluding hydrogens is 448 g/mol. The Bertz CT molecular complexity index is 1050. The molecule has 1 aromatic carbocycles. The Hall–Kier alpha value is -1.57. The number of carbonyl (C=O) groups excluding carboxylic acids is 1. The predicted molar refractivity (Wildman–Crippen MR) is 106 cm³/mol. The first-order valence-electron chi connectivity index (χ1n) is 7.61. The fourth-order valence-electron chi connectivity index (χ4n) is 2.58. The number of hydrogen-bond donors (Lipinski definition) is 1. The monoisotopic (exact) mass is 461 g/mol. The Morgan fingerprint density at radius 3 is 2.62 bits per heavy atom. The van der Waals surface area contributed by atoms with Crippen LogP contribution in [0.4, 0.5) is 14.9 Å². The molecule has 0 saturated carbocycles. The average Bonchev–Trinajstić information content (AvgIpc) is 2.87. The van der Waals surface area contributed by atoms with E-state index >= 15 is 0 Å². The van der Waals surface area contributed by atoms with E-state index in [-0.39, 0.29) is 5.15 Å². The fraction of sp³-hybridized carbons (Fsp3) is 0.294. The molecular formula is C17H15BrCl2FN3O2. The summed E-state index contributed by atoms with van der Waals surface area (Å²) in [5.41, 5.74) is 0.512. The number of fused-ring (bicyclic) bond motifs is 3. The van der Waals surface area contributed by atoms with Gasteiger partial charge >= 0.3 is 6.09 Å². The van der Waals surface area contributed by atoms with Gasteiger partial charge in [-0.05, 0) is 48.8 Å². The number of pyridine rings is 1. The normalized spacial score (nSPS) is 12.0. The van der Waals surface area contributed by atoms with Crippen molar-refractivity contribution in [2.75, 3.05) is 11.9 Å². The highest BCUT2D eigenvalue weighted by Gasteiger charge is 2.24. The van der Waals surface area contributed by atoms with Crippen LogP contribution in [0.5, 0.6) is 0 Å². The number of carbonyl (C=O) groups is 1. The quantitative estimate of drug-likeness (QED) is 0.432. The number of nitrogens with one attached hydrogen (secondary N) is 1. The SMILES string of the molecule is CN(C(=O)OC(C)(C)C)c1cc(F)cc2c1[nH]c1nc(Cl)c(Br)c(Cl)c12. The van der Waals surface area contributed by atoms with Crippen LogP contribution in [0.3, 0.4) is 0 Å². The number of anilines is 1. The zero-order chi connectivity index (χ0) is 19.4. The Morgan fingerprint density at radius 1 is 1.35 bits per heavy atom. The van der Waals surface area contributed by atoms with Crippen molar-refractivity contribution < 1.29 is 13.9 Å². The number of H-pyrrole nitrogens is 1. The van der Waals surface area contributed by atoms with E-state index in [4.69, 9.17) is 27.9 Å². The zero-order valence-corrected chi connectivity index (χ0v) is 17.5. The molecule has 0 radical (unpaired) electrons. The number of amides is 1. The molecule has 26 heavy (non-hydrogen) atoms. The van der Waals surface area contributed by atoms with E-state index in [0.29, 0.717) is 37.1 Å². The van der Waals surface area contributed by atoms with Gasteiger partial charge in [0.25, 0.3) is 0 Å². The molecule has 0 unspecified atom stereocenters. The van der Waals surface area contributed by atoms with Gasteiger partial charge in [-0.3, -0.25) is 4.90 Å². The highest BCUT2D eigenvalue weighted by molar-refractivity contribution is 9.10. The van der Waals surface area contributed by atoms with Crippen molar-refractivity contribution in [2.45, 2.75) is 26.4 Å². The molecule has 0 fully saturated rings. The van der Waals surface area contributed by atoms with Crippen LogP contribution in [-0.2, 0) is 4.74 Å². The predicted octanol–water partition coefficient (Wildman–Crippen LogP) is 6.30. The maximum absolute atomic E-state index is 14.3. The highest BCUT2D eigenvalue weighted by atomic mass is 79.9. The van der Waals surface area contributed by atoms with Crippen LogP contribution in [0.2, 0.25) is 10.2 Å². The molecule has 0 aliphatic rings. The van der Waals surface area contributed by atoms with Crippen LogP contribution in [-0.4, -0.2) is 28.7 Å². The zero-order valence-electron chi connectivity index (χ0n) is 14.4. The van der Waals surface area contributed by atoms with Crippen molar-refractivity contribution in [3.8, 4) is 0 Å². The summed E-state index contributed by atoms with van der Waals surface area (Å²) < 4.78 is 20.1. The Labute approximate surface area is 167 Å². The van der Waals surface area contributed by atoms with E-state index in [1.54, 1.807) is 20.8 Å². The number of halogens is 4. The molecule has 5 nitrogen and oxygen atoms in total. The lowest BCUT2D eigenvalue weighted by molar-refractivity contribution is 0.0589. The van der Waals surface area contributed by atoms with Gasteiger partial charge in [-0.15, -0.1) is 0 Å². The van der Waals surface area contributed by atoms with Crippen molar-refractivity contribution in [2.24, 2.45) is 0 Å². The second-order valence-corrected chi connectivity index (χ2v) is 8.29. The van der Waals surface area contributed by atoms with E-state index in [1.165, 1.54) is 24.1 Å². The number of hydrogen-bond acceptors (Lipinski definition) is 3. The van der Waals surface area contributed by atoms with E-state index < -0.39 is 17.5 Å². The molecule has 0 spiro atoms. The molecule has 0 aliphatic heterocycles. The lowest BCUT2D eigenvalue weighted by Gasteiger charge is -2.25. The Kier molecular flexibility index (Phi) is 4.83. The second-order valence-electron chi connectivity index (χ2n) is 6.77. The highest BCUT2D eigenvalue weighted by Crippen LogP contribution is 2.41. The Balaban J connectivity index is 2.26. The van der Waals surface area contributed by atoms with Crippen molar-refractivity contribution >= 4 is 72.8 Å². The third-order valence-electron chi connectivity index (χ3n) is 3.66. The third-order valence-corrected chi connectivity index (χ3v) is 5.54.